The Balaban J connectivity index is 1.49. The van der Waals surface area contributed by atoms with Gasteiger partial charge in [-0.2, -0.15) is 0 Å². The lowest BCUT2D eigenvalue weighted by molar-refractivity contribution is -0.163. The van der Waals surface area contributed by atoms with Crippen molar-refractivity contribution in [3.63, 3.8) is 0 Å². The van der Waals surface area contributed by atoms with E-state index in [1.807, 2.05) is 23.1 Å². The number of carbonyl (C=O) groups is 1. The number of rotatable bonds is 4. The van der Waals surface area contributed by atoms with Crippen molar-refractivity contribution in [1.29, 1.82) is 0 Å². The summed E-state index contributed by atoms with van der Waals surface area (Å²) in [5.41, 5.74) is -0.112. The van der Waals surface area contributed by atoms with Crippen LogP contribution in [0.2, 0.25) is 0 Å². The van der Waals surface area contributed by atoms with Gasteiger partial charge in [0, 0.05) is 25.8 Å². The van der Waals surface area contributed by atoms with Gasteiger partial charge in [-0.1, -0.05) is 6.07 Å². The van der Waals surface area contributed by atoms with Crippen molar-refractivity contribution in [2.24, 2.45) is 5.92 Å². The van der Waals surface area contributed by atoms with Gasteiger partial charge in [0.15, 0.2) is 0 Å². The lowest BCUT2D eigenvalue weighted by Gasteiger charge is -2.50. The van der Waals surface area contributed by atoms with Crippen molar-refractivity contribution >= 4 is 5.91 Å². The highest BCUT2D eigenvalue weighted by atomic mass is 16.5. The van der Waals surface area contributed by atoms with E-state index in [2.05, 4.69) is 4.98 Å². The molecule has 5 nitrogen and oxygen atoms in total. The highest BCUT2D eigenvalue weighted by molar-refractivity contribution is 5.74. The molecule has 0 N–H and O–H groups in total. The molecule has 1 aromatic heterocycles. The maximum Gasteiger partial charge on any atom is 0.219 e. The molecular weight excluding hydrogens is 256 g/mol. The van der Waals surface area contributed by atoms with Crippen LogP contribution >= 0.6 is 0 Å². The molecule has 1 spiro atoms. The van der Waals surface area contributed by atoms with E-state index >= 15 is 0 Å². The van der Waals surface area contributed by atoms with E-state index in [1.165, 1.54) is 0 Å². The minimum absolute atomic E-state index is 0.112. The van der Waals surface area contributed by atoms with E-state index in [0.717, 1.165) is 32.5 Å². The zero-order valence-corrected chi connectivity index (χ0v) is 11.7. The largest absolute Gasteiger partial charge is 0.478 e. The van der Waals surface area contributed by atoms with Crippen LogP contribution in [0.4, 0.5) is 0 Å². The summed E-state index contributed by atoms with van der Waals surface area (Å²) < 4.78 is 11.6. The van der Waals surface area contributed by atoms with E-state index in [-0.39, 0.29) is 11.5 Å². The van der Waals surface area contributed by atoms with E-state index < -0.39 is 0 Å². The van der Waals surface area contributed by atoms with Crippen molar-refractivity contribution < 1.29 is 14.3 Å². The van der Waals surface area contributed by atoms with E-state index in [4.69, 9.17) is 9.47 Å². The van der Waals surface area contributed by atoms with Crippen LogP contribution in [-0.4, -0.2) is 47.7 Å². The fourth-order valence-electron chi connectivity index (χ4n) is 3.10. The van der Waals surface area contributed by atoms with Gasteiger partial charge in [0.1, 0.15) is 5.60 Å². The van der Waals surface area contributed by atoms with Crippen molar-refractivity contribution in [2.75, 3.05) is 26.3 Å². The Morgan fingerprint density at radius 2 is 2.40 bits per heavy atom. The number of aromatic nitrogens is 1. The topological polar surface area (TPSA) is 51.7 Å². The molecule has 1 amide bonds. The zero-order chi connectivity index (χ0) is 14.0. The average molecular weight is 276 g/mol. The number of hydrogen-bond donors (Lipinski definition) is 0. The number of pyridine rings is 1. The molecule has 2 fully saturated rings. The second-order valence-corrected chi connectivity index (χ2v) is 5.58. The third kappa shape index (κ3) is 2.50. The molecule has 20 heavy (non-hydrogen) atoms. The summed E-state index contributed by atoms with van der Waals surface area (Å²) in [4.78, 5) is 17.3. The molecule has 0 bridgehead atoms. The first-order valence-corrected chi connectivity index (χ1v) is 7.13. The van der Waals surface area contributed by atoms with Gasteiger partial charge in [0.05, 0.1) is 19.7 Å². The molecule has 5 heteroatoms. The van der Waals surface area contributed by atoms with Gasteiger partial charge in [0.2, 0.25) is 11.8 Å². The third-order valence-electron chi connectivity index (χ3n) is 4.32. The van der Waals surface area contributed by atoms with Crippen LogP contribution in [0.15, 0.2) is 24.4 Å². The Morgan fingerprint density at radius 1 is 1.55 bits per heavy atom. The van der Waals surface area contributed by atoms with Crippen LogP contribution in [0.1, 0.15) is 19.8 Å². The van der Waals surface area contributed by atoms with Crippen molar-refractivity contribution in [3.8, 4) is 5.88 Å². The van der Waals surface area contributed by atoms with Crippen LogP contribution < -0.4 is 4.74 Å². The number of carbonyl (C=O) groups excluding carboxylic acids is 1. The maximum atomic E-state index is 11.3. The number of amides is 1. The Labute approximate surface area is 118 Å². The first-order valence-electron chi connectivity index (χ1n) is 7.13. The number of likely N-dealkylation sites (tertiary alicyclic amines) is 1. The molecule has 0 radical (unpaired) electrons. The van der Waals surface area contributed by atoms with Crippen molar-refractivity contribution in [3.05, 3.63) is 24.4 Å². The number of nitrogens with zero attached hydrogens (tertiary/aromatic N) is 2. The van der Waals surface area contributed by atoms with Crippen molar-refractivity contribution in [2.45, 2.75) is 25.4 Å². The predicted octanol–water partition coefficient (Wildman–Crippen LogP) is 1.49. The summed E-state index contributed by atoms with van der Waals surface area (Å²) in [6.07, 6.45) is 3.73. The Morgan fingerprint density at radius 3 is 3.10 bits per heavy atom. The number of ether oxygens (including phenoxy) is 2. The highest BCUT2D eigenvalue weighted by Crippen LogP contribution is 2.41. The van der Waals surface area contributed by atoms with Crippen molar-refractivity contribution in [1.82, 2.24) is 9.88 Å². The van der Waals surface area contributed by atoms with Gasteiger partial charge in [-0.05, 0) is 24.8 Å². The quantitative estimate of drug-likeness (QED) is 0.836. The van der Waals surface area contributed by atoms with Crippen LogP contribution in [0.5, 0.6) is 5.88 Å². The van der Waals surface area contributed by atoms with Crippen LogP contribution in [0.3, 0.4) is 0 Å². The molecule has 2 aliphatic heterocycles. The normalized spacial score (nSPS) is 23.6. The second kappa shape index (κ2) is 5.40. The minimum Gasteiger partial charge on any atom is -0.478 e. The fourth-order valence-corrected chi connectivity index (χ4v) is 3.10. The molecule has 0 saturated carbocycles. The summed E-state index contributed by atoms with van der Waals surface area (Å²) in [7, 11) is 0. The first kappa shape index (κ1) is 13.4. The van der Waals surface area contributed by atoms with Gasteiger partial charge >= 0.3 is 0 Å². The predicted molar refractivity (Wildman–Crippen MR) is 73.4 cm³/mol. The second-order valence-electron chi connectivity index (χ2n) is 5.58. The molecule has 2 saturated heterocycles. The Kier molecular flexibility index (Phi) is 3.61. The molecule has 2 aliphatic rings. The molecule has 3 rings (SSSR count). The summed E-state index contributed by atoms with van der Waals surface area (Å²) in [5, 5.41) is 0. The third-order valence-corrected chi connectivity index (χ3v) is 4.32. The van der Waals surface area contributed by atoms with Crippen LogP contribution in [0, 0.1) is 5.92 Å². The van der Waals surface area contributed by atoms with Gasteiger partial charge in [0.25, 0.3) is 0 Å². The summed E-state index contributed by atoms with van der Waals surface area (Å²) in [5.74, 6) is 1.27. The lowest BCUT2D eigenvalue weighted by Crippen LogP contribution is -2.65. The molecule has 0 aromatic carbocycles. The zero-order valence-electron chi connectivity index (χ0n) is 11.7. The molecule has 1 unspecified atom stereocenters. The minimum atomic E-state index is -0.112. The monoisotopic (exact) mass is 276 g/mol. The summed E-state index contributed by atoms with van der Waals surface area (Å²) in [6.45, 7) is 4.51. The molecule has 1 aromatic rings. The van der Waals surface area contributed by atoms with E-state index in [1.54, 1.807) is 13.1 Å². The smallest absolute Gasteiger partial charge is 0.219 e. The van der Waals surface area contributed by atoms with Gasteiger partial charge in [-0.15, -0.1) is 0 Å². The summed E-state index contributed by atoms with van der Waals surface area (Å²) >= 11 is 0. The molecule has 1 atom stereocenters. The molecule has 108 valence electrons. The average Bonchev–Trinajstić information content (AvgIpc) is 2.82. The fraction of sp³-hybridized carbons (Fsp3) is 0.600. The molecular formula is C15H20N2O3. The maximum absolute atomic E-state index is 11.3. The van der Waals surface area contributed by atoms with Gasteiger partial charge < -0.3 is 14.4 Å². The van der Waals surface area contributed by atoms with Crippen LogP contribution in [0.25, 0.3) is 0 Å². The van der Waals surface area contributed by atoms with E-state index in [9.17, 15) is 4.79 Å². The molecule has 3 heterocycles. The van der Waals surface area contributed by atoms with E-state index in [0.29, 0.717) is 18.4 Å². The van der Waals surface area contributed by atoms with Gasteiger partial charge in [-0.3, -0.25) is 4.79 Å². The standard InChI is InChI=1S/C15H20N2O3/c1-12(18)17-10-15(11-17)13(6-9-20-15)5-8-19-14-4-2-3-7-16-14/h2-4,7,13H,5-6,8-11H2,1H3. The first-order chi connectivity index (χ1) is 9.70. The highest BCUT2D eigenvalue weighted by Gasteiger charge is 2.53. The lowest BCUT2D eigenvalue weighted by atomic mass is 9.79. The Hall–Kier alpha value is -1.62. The SMILES string of the molecule is CC(=O)N1CC2(C1)OCCC2CCOc1ccccn1. The molecule has 0 aliphatic carbocycles. The Bertz CT molecular complexity index is 471. The van der Waals surface area contributed by atoms with Gasteiger partial charge in [-0.25, -0.2) is 4.98 Å². The van der Waals surface area contributed by atoms with Crippen LogP contribution in [-0.2, 0) is 9.53 Å². The summed E-state index contributed by atoms with van der Waals surface area (Å²) in [6, 6.07) is 5.65. The number of hydrogen-bond acceptors (Lipinski definition) is 4.